The molecule has 0 radical (unpaired) electrons. The third-order valence-electron chi connectivity index (χ3n) is 8.85. The number of benzene rings is 1. The second-order valence-corrected chi connectivity index (χ2v) is 11.2. The van der Waals surface area contributed by atoms with Gasteiger partial charge in [-0.05, 0) is 56.7 Å². The minimum Gasteiger partial charge on any atom is -0.396 e. The molecule has 5 atom stereocenters. The molecule has 1 unspecified atom stereocenters. The summed E-state index contributed by atoms with van der Waals surface area (Å²) < 4.78 is 6.96. The fraction of sp³-hybridized carbons (Fsp3) is 0.567. The first-order valence-electron chi connectivity index (χ1n) is 13.8. The van der Waals surface area contributed by atoms with Gasteiger partial charge >= 0.3 is 0 Å². The number of ether oxygens (including phenoxy) is 1. The highest BCUT2D eigenvalue weighted by atomic mass is 16.5. The number of aliphatic hydroxyl groups excluding tert-OH is 1. The van der Waals surface area contributed by atoms with Crippen molar-refractivity contribution in [3.63, 3.8) is 0 Å². The number of aryl methyl sites for hydroxylation is 2. The Bertz CT molecular complexity index is 1190. The first-order chi connectivity index (χ1) is 18.2. The standard InChI is InChI=1S/C30H39N3O5/c1-5-29-13-9-15-31(4)26(35)23(29)24-27(36)33(16-7-6-8-18-34)25-28(37)32(17-10-14-30(24,25)38-29)22-19-20(2)11-12-21(22)3/h9-14,19,23-25,34H,5-8,15-18H2,1-4H3/t23-,24+,25?,29+,30+/m1/s1. The van der Waals surface area contributed by atoms with Crippen molar-refractivity contribution in [3.8, 4) is 0 Å². The number of rotatable bonds is 7. The second kappa shape index (κ2) is 9.97. The number of likely N-dealkylation sites (tertiary alicyclic amines) is 1. The van der Waals surface area contributed by atoms with Gasteiger partial charge in [-0.1, -0.05) is 43.4 Å². The highest BCUT2D eigenvalue weighted by molar-refractivity contribution is 6.06. The summed E-state index contributed by atoms with van der Waals surface area (Å²) in [6, 6.07) is 5.16. The topological polar surface area (TPSA) is 90.4 Å². The normalized spacial score (nSPS) is 32.4. The van der Waals surface area contributed by atoms with E-state index in [1.807, 2.05) is 63.3 Å². The largest absolute Gasteiger partial charge is 0.396 e. The summed E-state index contributed by atoms with van der Waals surface area (Å²) in [6.45, 7) is 7.23. The third-order valence-corrected chi connectivity index (χ3v) is 8.85. The molecule has 5 rings (SSSR count). The van der Waals surface area contributed by atoms with Gasteiger partial charge in [-0.2, -0.15) is 0 Å². The number of carbonyl (C=O) groups excluding carboxylic acids is 3. The number of aliphatic hydroxyl groups is 1. The summed E-state index contributed by atoms with van der Waals surface area (Å²) in [5.74, 6) is -2.00. The molecule has 2 fully saturated rings. The lowest BCUT2D eigenvalue weighted by atomic mass is 9.73. The van der Waals surface area contributed by atoms with E-state index in [0.717, 1.165) is 23.2 Å². The van der Waals surface area contributed by atoms with Gasteiger partial charge in [0.25, 0.3) is 5.91 Å². The van der Waals surface area contributed by atoms with Crippen LogP contribution in [0.3, 0.4) is 0 Å². The number of likely N-dealkylation sites (N-methyl/N-ethyl adjacent to an activating group) is 1. The van der Waals surface area contributed by atoms with Crippen LogP contribution in [0.15, 0.2) is 42.5 Å². The van der Waals surface area contributed by atoms with Crippen LogP contribution in [-0.2, 0) is 19.1 Å². The number of hydrogen-bond acceptors (Lipinski definition) is 5. The van der Waals surface area contributed by atoms with Gasteiger partial charge in [0.2, 0.25) is 11.8 Å². The van der Waals surface area contributed by atoms with Gasteiger partial charge < -0.3 is 24.5 Å². The zero-order chi connectivity index (χ0) is 27.2. The Balaban J connectivity index is 1.64. The van der Waals surface area contributed by atoms with Crippen molar-refractivity contribution >= 4 is 23.4 Å². The first kappa shape index (κ1) is 26.6. The Labute approximate surface area is 224 Å². The van der Waals surface area contributed by atoms with Crippen LogP contribution in [0.25, 0.3) is 0 Å². The Morgan fingerprint density at radius 1 is 0.974 bits per heavy atom. The Kier molecular flexibility index (Phi) is 6.99. The average molecular weight is 522 g/mol. The zero-order valence-electron chi connectivity index (χ0n) is 22.9. The van der Waals surface area contributed by atoms with Gasteiger partial charge in [0, 0.05) is 39.0 Å². The van der Waals surface area contributed by atoms with Crippen molar-refractivity contribution in [1.82, 2.24) is 9.80 Å². The minimum absolute atomic E-state index is 0.0867. The molecule has 1 N–H and O–H groups in total. The van der Waals surface area contributed by atoms with E-state index in [9.17, 15) is 19.5 Å². The van der Waals surface area contributed by atoms with Crippen molar-refractivity contribution in [2.75, 3.05) is 38.2 Å². The lowest BCUT2D eigenvalue weighted by molar-refractivity contribution is -0.149. The molecule has 38 heavy (non-hydrogen) atoms. The van der Waals surface area contributed by atoms with Crippen molar-refractivity contribution < 1.29 is 24.2 Å². The number of fused-ring (bicyclic) bond motifs is 2. The van der Waals surface area contributed by atoms with Crippen LogP contribution < -0.4 is 4.90 Å². The third kappa shape index (κ3) is 3.92. The number of hydrogen-bond donors (Lipinski definition) is 1. The molecule has 0 aromatic heterocycles. The predicted octanol–water partition coefficient (Wildman–Crippen LogP) is 2.76. The Morgan fingerprint density at radius 3 is 2.47 bits per heavy atom. The van der Waals surface area contributed by atoms with Crippen LogP contribution in [0.2, 0.25) is 0 Å². The molecule has 0 aliphatic carbocycles. The molecule has 0 bridgehead atoms. The summed E-state index contributed by atoms with van der Waals surface area (Å²) in [5, 5.41) is 9.26. The van der Waals surface area contributed by atoms with E-state index in [0.29, 0.717) is 38.9 Å². The Morgan fingerprint density at radius 2 is 1.74 bits per heavy atom. The van der Waals surface area contributed by atoms with Gasteiger partial charge in [0.05, 0.1) is 17.4 Å². The van der Waals surface area contributed by atoms with Crippen molar-refractivity contribution in [2.24, 2.45) is 11.8 Å². The minimum atomic E-state index is -1.24. The summed E-state index contributed by atoms with van der Waals surface area (Å²) in [7, 11) is 1.75. The number of nitrogens with zero attached hydrogens (tertiary/aromatic N) is 3. The first-order valence-corrected chi connectivity index (χ1v) is 13.8. The predicted molar refractivity (Wildman–Crippen MR) is 144 cm³/mol. The molecule has 1 aromatic carbocycles. The van der Waals surface area contributed by atoms with E-state index in [4.69, 9.17) is 4.74 Å². The van der Waals surface area contributed by atoms with Gasteiger partial charge in [-0.3, -0.25) is 14.4 Å². The van der Waals surface area contributed by atoms with E-state index < -0.39 is 29.1 Å². The summed E-state index contributed by atoms with van der Waals surface area (Å²) >= 11 is 0. The maximum absolute atomic E-state index is 14.5. The number of carbonyl (C=O) groups is 3. The maximum Gasteiger partial charge on any atom is 0.253 e. The molecule has 4 aliphatic rings. The van der Waals surface area contributed by atoms with Gasteiger partial charge in [0.15, 0.2) is 0 Å². The molecule has 1 aromatic rings. The molecule has 1 spiro atoms. The zero-order valence-corrected chi connectivity index (χ0v) is 22.9. The molecule has 8 heteroatoms. The average Bonchev–Trinajstić information content (AvgIpc) is 3.19. The quantitative estimate of drug-likeness (QED) is 0.440. The molecule has 0 saturated carbocycles. The number of amides is 3. The van der Waals surface area contributed by atoms with Crippen LogP contribution >= 0.6 is 0 Å². The van der Waals surface area contributed by atoms with Crippen LogP contribution in [0.1, 0.15) is 43.7 Å². The summed E-state index contributed by atoms with van der Waals surface area (Å²) in [5.41, 5.74) is 0.649. The Hall–Kier alpha value is -2.97. The summed E-state index contributed by atoms with van der Waals surface area (Å²) in [6.07, 6.45) is 10.3. The lowest BCUT2D eigenvalue weighted by Crippen LogP contribution is -2.56. The van der Waals surface area contributed by atoms with Gasteiger partial charge in [-0.25, -0.2) is 0 Å². The molecule has 4 aliphatic heterocycles. The van der Waals surface area contributed by atoms with E-state index in [1.54, 1.807) is 21.7 Å². The smallest absolute Gasteiger partial charge is 0.253 e. The van der Waals surface area contributed by atoms with Gasteiger partial charge in [0.1, 0.15) is 11.6 Å². The SMILES string of the molecule is CC[C@]12C=CCN(C)C(=O)[C@H]1[C@H]1C(=O)N(CCCCCO)C3C(=O)N(c4cc(C)ccc4C)CC=C[C@@]31O2. The second-order valence-electron chi connectivity index (χ2n) is 11.2. The van der Waals surface area contributed by atoms with E-state index in [-0.39, 0.29) is 24.3 Å². The molecule has 4 heterocycles. The fourth-order valence-electron chi connectivity index (χ4n) is 6.92. The molecular formula is C30H39N3O5. The number of anilines is 1. The maximum atomic E-state index is 14.5. The molecule has 3 amide bonds. The molecular weight excluding hydrogens is 482 g/mol. The van der Waals surface area contributed by atoms with E-state index in [2.05, 4.69) is 0 Å². The van der Waals surface area contributed by atoms with Crippen LogP contribution in [0, 0.1) is 25.7 Å². The highest BCUT2D eigenvalue weighted by Gasteiger charge is 2.75. The van der Waals surface area contributed by atoms with Crippen molar-refractivity contribution in [1.29, 1.82) is 0 Å². The van der Waals surface area contributed by atoms with E-state index in [1.165, 1.54) is 0 Å². The highest BCUT2D eigenvalue weighted by Crippen LogP contribution is 2.58. The van der Waals surface area contributed by atoms with Gasteiger partial charge in [-0.15, -0.1) is 0 Å². The monoisotopic (exact) mass is 521 g/mol. The number of unbranched alkanes of at least 4 members (excludes halogenated alkanes) is 2. The van der Waals surface area contributed by atoms with E-state index >= 15 is 0 Å². The van der Waals surface area contributed by atoms with Crippen LogP contribution in [0.4, 0.5) is 5.69 Å². The fourth-order valence-corrected chi connectivity index (χ4v) is 6.92. The molecule has 8 nitrogen and oxygen atoms in total. The van der Waals surface area contributed by atoms with Crippen molar-refractivity contribution in [3.05, 3.63) is 53.6 Å². The van der Waals surface area contributed by atoms with Crippen molar-refractivity contribution in [2.45, 2.75) is 63.7 Å². The summed E-state index contributed by atoms with van der Waals surface area (Å²) in [4.78, 5) is 47.7. The lowest BCUT2D eigenvalue weighted by Gasteiger charge is -2.38. The van der Waals surface area contributed by atoms with Crippen LogP contribution in [-0.4, -0.2) is 83.2 Å². The van der Waals surface area contributed by atoms with Crippen LogP contribution in [0.5, 0.6) is 0 Å². The molecule has 2 saturated heterocycles. The molecule has 204 valence electrons.